The van der Waals surface area contributed by atoms with Crippen molar-refractivity contribution in [1.29, 1.82) is 0 Å². The first kappa shape index (κ1) is 18.0. The molecule has 1 aromatic carbocycles. The molecule has 0 atom stereocenters. The van der Waals surface area contributed by atoms with E-state index < -0.39 is 0 Å². The Morgan fingerprint density at radius 2 is 1.95 bits per heavy atom. The number of methoxy groups -OCH3 is 1. The zero-order valence-electron chi connectivity index (χ0n) is 13.1. The Morgan fingerprint density at radius 3 is 2.59 bits per heavy atom. The predicted molar refractivity (Wildman–Crippen MR) is 81.9 cm³/mol. The van der Waals surface area contributed by atoms with Crippen molar-refractivity contribution in [3.05, 3.63) is 29.8 Å². The van der Waals surface area contributed by atoms with Gasteiger partial charge in [-0.2, -0.15) is 0 Å². The number of rotatable bonds is 9. The van der Waals surface area contributed by atoms with Gasteiger partial charge in [-0.3, -0.25) is 9.59 Å². The summed E-state index contributed by atoms with van der Waals surface area (Å²) in [7, 11) is 1.50. The third-order valence-corrected chi connectivity index (χ3v) is 3.10. The molecule has 0 spiro atoms. The van der Waals surface area contributed by atoms with E-state index in [2.05, 4.69) is 0 Å². The van der Waals surface area contributed by atoms with Crippen LogP contribution in [0.4, 0.5) is 0 Å². The minimum Gasteiger partial charge on any atom is -0.496 e. The zero-order chi connectivity index (χ0) is 16.4. The fraction of sp³-hybridized carbons (Fsp3) is 0.500. The van der Waals surface area contributed by atoms with Crippen LogP contribution in [0.15, 0.2) is 24.3 Å². The summed E-state index contributed by atoms with van der Waals surface area (Å²) in [5, 5.41) is 8.98. The Morgan fingerprint density at radius 1 is 1.23 bits per heavy atom. The second-order valence-corrected chi connectivity index (χ2v) is 4.62. The molecule has 0 aliphatic carbocycles. The molecule has 0 saturated carbocycles. The summed E-state index contributed by atoms with van der Waals surface area (Å²) < 4.78 is 10.1. The summed E-state index contributed by atoms with van der Waals surface area (Å²) in [4.78, 5) is 25.6. The van der Waals surface area contributed by atoms with Crippen LogP contribution in [0.1, 0.15) is 30.1 Å². The largest absolute Gasteiger partial charge is 0.496 e. The summed E-state index contributed by atoms with van der Waals surface area (Å²) in [5.41, 5.74) is 0.437. The van der Waals surface area contributed by atoms with Gasteiger partial charge < -0.3 is 19.5 Å². The molecular weight excluding hydrogens is 286 g/mol. The minimum absolute atomic E-state index is 0.0187. The molecule has 0 unspecified atom stereocenters. The molecule has 0 fully saturated rings. The standard InChI is InChI=1S/C16H23NO5/c1-3-22-15(19)9-11-17(10-6-12-18)16(20)13-7-4-5-8-14(13)21-2/h4-5,7-8,18H,3,6,9-12H2,1-2H3. The quantitative estimate of drug-likeness (QED) is 0.699. The number of para-hydroxylation sites is 1. The van der Waals surface area contributed by atoms with E-state index in [1.807, 2.05) is 0 Å². The molecule has 1 rings (SSSR count). The Kier molecular flexibility index (Phi) is 7.99. The number of benzene rings is 1. The molecule has 122 valence electrons. The van der Waals surface area contributed by atoms with Crippen LogP contribution in [0.25, 0.3) is 0 Å². The molecule has 0 aromatic heterocycles. The maximum absolute atomic E-state index is 12.6. The van der Waals surface area contributed by atoms with Gasteiger partial charge in [-0.15, -0.1) is 0 Å². The van der Waals surface area contributed by atoms with Crippen molar-refractivity contribution in [1.82, 2.24) is 4.90 Å². The SMILES string of the molecule is CCOC(=O)CCN(CCCO)C(=O)c1ccccc1OC. The van der Waals surface area contributed by atoms with E-state index in [1.54, 1.807) is 31.2 Å². The van der Waals surface area contributed by atoms with Crippen LogP contribution in [0, 0.1) is 0 Å². The second kappa shape index (κ2) is 9.78. The summed E-state index contributed by atoms with van der Waals surface area (Å²) in [6.07, 6.45) is 0.573. The highest BCUT2D eigenvalue weighted by Gasteiger charge is 2.20. The zero-order valence-corrected chi connectivity index (χ0v) is 13.1. The topological polar surface area (TPSA) is 76.1 Å². The molecule has 0 aliphatic heterocycles. The van der Waals surface area contributed by atoms with Gasteiger partial charge in [-0.05, 0) is 25.5 Å². The minimum atomic E-state index is -0.343. The average Bonchev–Trinajstić information content (AvgIpc) is 2.54. The molecular formula is C16H23NO5. The predicted octanol–water partition coefficient (Wildman–Crippen LogP) is 1.47. The summed E-state index contributed by atoms with van der Waals surface area (Å²) in [6.45, 7) is 2.65. The van der Waals surface area contributed by atoms with Gasteiger partial charge in [0.15, 0.2) is 0 Å². The molecule has 0 saturated heterocycles. The lowest BCUT2D eigenvalue weighted by molar-refractivity contribution is -0.143. The van der Waals surface area contributed by atoms with Crippen molar-refractivity contribution < 1.29 is 24.2 Å². The van der Waals surface area contributed by atoms with Crippen molar-refractivity contribution in [2.24, 2.45) is 0 Å². The van der Waals surface area contributed by atoms with Gasteiger partial charge in [0.2, 0.25) is 0 Å². The highest BCUT2D eigenvalue weighted by atomic mass is 16.5. The molecule has 6 heteroatoms. The van der Waals surface area contributed by atoms with Crippen LogP contribution in [-0.2, 0) is 9.53 Å². The van der Waals surface area contributed by atoms with Crippen LogP contribution in [0.3, 0.4) is 0 Å². The monoisotopic (exact) mass is 309 g/mol. The molecule has 6 nitrogen and oxygen atoms in total. The lowest BCUT2D eigenvalue weighted by Crippen LogP contribution is -2.34. The number of hydrogen-bond donors (Lipinski definition) is 1. The second-order valence-electron chi connectivity index (χ2n) is 4.62. The number of carbonyl (C=O) groups is 2. The van der Waals surface area contributed by atoms with Crippen LogP contribution < -0.4 is 4.74 Å². The van der Waals surface area contributed by atoms with Crippen LogP contribution in [0.2, 0.25) is 0 Å². The van der Waals surface area contributed by atoms with Gasteiger partial charge in [0.25, 0.3) is 5.91 Å². The molecule has 1 aromatic rings. The van der Waals surface area contributed by atoms with Crippen molar-refractivity contribution in [3.8, 4) is 5.75 Å². The Hall–Kier alpha value is -2.08. The normalized spacial score (nSPS) is 10.1. The molecule has 0 radical (unpaired) electrons. The van der Waals surface area contributed by atoms with Gasteiger partial charge in [-0.1, -0.05) is 12.1 Å². The van der Waals surface area contributed by atoms with Gasteiger partial charge in [0.1, 0.15) is 5.75 Å². The number of hydrogen-bond acceptors (Lipinski definition) is 5. The van der Waals surface area contributed by atoms with E-state index in [1.165, 1.54) is 12.0 Å². The fourth-order valence-electron chi connectivity index (χ4n) is 2.03. The molecule has 1 N–H and O–H groups in total. The number of aliphatic hydroxyl groups is 1. The first-order valence-electron chi connectivity index (χ1n) is 7.32. The van der Waals surface area contributed by atoms with Crippen molar-refractivity contribution in [2.75, 3.05) is 33.4 Å². The van der Waals surface area contributed by atoms with Crippen LogP contribution in [0.5, 0.6) is 5.75 Å². The first-order valence-corrected chi connectivity index (χ1v) is 7.32. The molecule has 22 heavy (non-hydrogen) atoms. The lowest BCUT2D eigenvalue weighted by Gasteiger charge is -2.23. The Balaban J connectivity index is 2.81. The number of ether oxygens (including phenoxy) is 2. The number of amides is 1. The van der Waals surface area contributed by atoms with E-state index in [0.29, 0.717) is 30.9 Å². The van der Waals surface area contributed by atoms with Crippen LogP contribution >= 0.6 is 0 Å². The summed E-state index contributed by atoms with van der Waals surface area (Å²) >= 11 is 0. The smallest absolute Gasteiger partial charge is 0.307 e. The highest BCUT2D eigenvalue weighted by Crippen LogP contribution is 2.19. The molecule has 0 bridgehead atoms. The number of aliphatic hydroxyl groups excluding tert-OH is 1. The van der Waals surface area contributed by atoms with Gasteiger partial charge in [-0.25, -0.2) is 0 Å². The van der Waals surface area contributed by atoms with Crippen molar-refractivity contribution in [3.63, 3.8) is 0 Å². The fourth-order valence-corrected chi connectivity index (χ4v) is 2.03. The molecule has 0 heterocycles. The van der Waals surface area contributed by atoms with Crippen LogP contribution in [-0.4, -0.2) is 55.3 Å². The number of nitrogens with zero attached hydrogens (tertiary/aromatic N) is 1. The number of carbonyl (C=O) groups excluding carboxylic acids is 2. The van der Waals surface area contributed by atoms with Gasteiger partial charge >= 0.3 is 5.97 Å². The lowest BCUT2D eigenvalue weighted by atomic mass is 10.1. The maximum Gasteiger partial charge on any atom is 0.307 e. The third-order valence-electron chi connectivity index (χ3n) is 3.10. The first-order chi connectivity index (χ1) is 10.6. The average molecular weight is 309 g/mol. The van der Waals surface area contributed by atoms with E-state index >= 15 is 0 Å². The Bertz CT molecular complexity index is 489. The molecule has 0 aliphatic rings. The van der Waals surface area contributed by atoms with E-state index in [4.69, 9.17) is 14.6 Å². The summed E-state index contributed by atoms with van der Waals surface area (Å²) in [6, 6.07) is 6.93. The Labute approximate surface area is 130 Å². The van der Waals surface area contributed by atoms with E-state index in [-0.39, 0.29) is 31.4 Å². The van der Waals surface area contributed by atoms with Crippen molar-refractivity contribution >= 4 is 11.9 Å². The van der Waals surface area contributed by atoms with Gasteiger partial charge in [0.05, 0.1) is 25.7 Å². The summed E-state index contributed by atoms with van der Waals surface area (Å²) in [5.74, 6) is -0.0860. The van der Waals surface area contributed by atoms with Crippen molar-refractivity contribution in [2.45, 2.75) is 19.8 Å². The number of esters is 1. The molecule has 1 amide bonds. The van der Waals surface area contributed by atoms with E-state index in [9.17, 15) is 9.59 Å². The van der Waals surface area contributed by atoms with Gasteiger partial charge in [0, 0.05) is 19.7 Å². The third kappa shape index (κ3) is 5.37. The maximum atomic E-state index is 12.6. The van der Waals surface area contributed by atoms with E-state index in [0.717, 1.165) is 0 Å². The highest BCUT2D eigenvalue weighted by molar-refractivity contribution is 5.97.